The summed E-state index contributed by atoms with van der Waals surface area (Å²) in [6, 6.07) is 9.26. The Bertz CT molecular complexity index is 1140. The van der Waals surface area contributed by atoms with Crippen molar-refractivity contribution >= 4 is 37.1 Å². The van der Waals surface area contributed by atoms with Crippen molar-refractivity contribution in [3.63, 3.8) is 0 Å². The first-order valence-electron chi connectivity index (χ1n) is 14.7. The fraction of sp³-hybridized carbons (Fsp3) is 0.531. The molecule has 0 radical (unpaired) electrons. The van der Waals surface area contributed by atoms with Crippen LogP contribution in [0.4, 0.5) is 0 Å². The van der Waals surface area contributed by atoms with Gasteiger partial charge in [0.25, 0.3) is 5.91 Å². The highest BCUT2D eigenvalue weighted by Crippen LogP contribution is 2.24. The van der Waals surface area contributed by atoms with Crippen LogP contribution in [0.25, 0.3) is 0 Å². The van der Waals surface area contributed by atoms with Crippen molar-refractivity contribution in [1.82, 2.24) is 20.9 Å². The summed E-state index contributed by atoms with van der Waals surface area (Å²) in [7, 11) is 3.25. The lowest BCUT2D eigenvalue weighted by Crippen LogP contribution is -2.52. The summed E-state index contributed by atoms with van der Waals surface area (Å²) in [5.41, 5.74) is 5.49. The maximum absolute atomic E-state index is 12.4. The van der Waals surface area contributed by atoms with E-state index in [1.54, 1.807) is 44.7 Å². The molecule has 1 fully saturated rings. The van der Waals surface area contributed by atoms with Crippen molar-refractivity contribution in [2.24, 2.45) is 11.1 Å². The van der Waals surface area contributed by atoms with Crippen LogP contribution in [-0.4, -0.2) is 94.5 Å². The first-order valence-corrected chi connectivity index (χ1v) is 15.6. The van der Waals surface area contributed by atoms with E-state index in [0.29, 0.717) is 42.4 Å². The van der Waals surface area contributed by atoms with Gasteiger partial charge in [-0.25, -0.2) is 4.98 Å². The number of hydrogen-bond acceptors (Lipinski definition) is 11. The number of carbonyl (C=O) groups is 4. The number of primary amides is 1. The van der Waals surface area contributed by atoms with Gasteiger partial charge in [-0.1, -0.05) is 26.8 Å². The van der Waals surface area contributed by atoms with Gasteiger partial charge in [-0.2, -0.15) is 12.6 Å². The van der Waals surface area contributed by atoms with Crippen LogP contribution in [0.1, 0.15) is 50.9 Å². The average molecular weight is 666 g/mol. The second-order valence-corrected chi connectivity index (χ2v) is 11.0. The van der Waals surface area contributed by atoms with Gasteiger partial charge in [0.15, 0.2) is 0 Å². The van der Waals surface area contributed by atoms with E-state index in [2.05, 4.69) is 59.1 Å². The number of pyridine rings is 1. The summed E-state index contributed by atoms with van der Waals surface area (Å²) in [5, 5.41) is 8.04. The normalized spacial score (nSPS) is 13.2. The lowest BCUT2D eigenvalue weighted by Gasteiger charge is -2.28. The molecular formula is C32H51N5O8S. The van der Waals surface area contributed by atoms with Crippen LogP contribution >= 0.6 is 12.6 Å². The smallest absolute Gasteiger partial charge is 0.253 e. The predicted octanol–water partition coefficient (Wildman–Crippen LogP) is 2.78. The average Bonchev–Trinajstić information content (AvgIpc) is 3.00. The highest BCUT2D eigenvalue weighted by molar-refractivity contribution is 7.79. The van der Waals surface area contributed by atoms with E-state index >= 15 is 0 Å². The standard InChI is InChI=1S/C22H28N2O4.C7H13N3O3.C2H6O.CH4S/c1-5-27-18-7-6-8-19(13-18)28-20-10-9-16(14-23-20)21(26)24-17(15-25)11-12-22(2,3)4;8-7(12)6(10-4-11)3-13-5-1-9-2-5;1-3-2;1-2/h6-10,13-15,17H,5,11-12H2,1-4H3,(H,24,26);4-6,9H,1-3H2,(H2,8,12)(H,10,11);1-2H3;2H,1H3/t17-;;;/m0.../s1. The third-order valence-corrected chi connectivity index (χ3v) is 5.88. The molecule has 1 aliphatic rings. The van der Waals surface area contributed by atoms with Crippen LogP contribution < -0.4 is 31.2 Å². The van der Waals surface area contributed by atoms with E-state index in [1.807, 2.05) is 19.1 Å². The third-order valence-electron chi connectivity index (χ3n) is 5.88. The van der Waals surface area contributed by atoms with E-state index in [9.17, 15) is 19.2 Å². The number of aromatic nitrogens is 1. The summed E-state index contributed by atoms with van der Waals surface area (Å²) in [5.74, 6) is 0.762. The van der Waals surface area contributed by atoms with Crippen LogP contribution in [0.3, 0.4) is 0 Å². The minimum Gasteiger partial charge on any atom is -0.494 e. The Morgan fingerprint density at radius 3 is 2.26 bits per heavy atom. The Balaban J connectivity index is 0.000000933. The zero-order chi connectivity index (χ0) is 35.0. The molecule has 1 aromatic carbocycles. The van der Waals surface area contributed by atoms with Gasteiger partial charge in [0.05, 0.1) is 30.9 Å². The monoisotopic (exact) mass is 665 g/mol. The first kappa shape index (κ1) is 42.3. The SMILES string of the molecule is CCOc1cccc(Oc2ccc(C(=O)N[C@H](C=O)CCC(C)(C)C)cn2)c1.COC.CS.NC(=O)C(COC1CNC1)NC=O. The summed E-state index contributed by atoms with van der Waals surface area (Å²) < 4.78 is 20.7. The van der Waals surface area contributed by atoms with Crippen molar-refractivity contribution in [2.75, 3.05) is 46.8 Å². The number of amides is 3. The van der Waals surface area contributed by atoms with Gasteiger partial charge in [0, 0.05) is 45.6 Å². The Kier molecular flexibility index (Phi) is 22.5. The molecule has 2 atom stereocenters. The molecule has 46 heavy (non-hydrogen) atoms. The molecule has 1 unspecified atom stereocenters. The van der Waals surface area contributed by atoms with Gasteiger partial charge >= 0.3 is 0 Å². The molecule has 258 valence electrons. The number of aldehydes is 1. The summed E-state index contributed by atoms with van der Waals surface area (Å²) in [4.78, 5) is 48.6. The molecule has 3 amide bonds. The third kappa shape index (κ3) is 18.9. The maximum atomic E-state index is 12.4. The molecule has 13 nitrogen and oxygen atoms in total. The Labute approximate surface area is 278 Å². The number of nitrogens with two attached hydrogens (primary N) is 1. The number of benzene rings is 1. The molecule has 5 N–H and O–H groups in total. The molecule has 14 heteroatoms. The molecule has 0 aliphatic carbocycles. The number of rotatable bonds is 15. The Morgan fingerprint density at radius 2 is 1.78 bits per heavy atom. The molecule has 1 aliphatic heterocycles. The summed E-state index contributed by atoms with van der Waals surface area (Å²) >= 11 is 3.53. The second-order valence-electron chi connectivity index (χ2n) is 11.0. The number of carbonyl (C=O) groups excluding carboxylic acids is 4. The van der Waals surface area contributed by atoms with Crippen molar-refractivity contribution in [1.29, 1.82) is 0 Å². The summed E-state index contributed by atoms with van der Waals surface area (Å²) in [6.07, 6.45) is 5.92. The topological polar surface area (TPSA) is 180 Å². The Morgan fingerprint density at radius 1 is 1.13 bits per heavy atom. The van der Waals surface area contributed by atoms with E-state index in [0.717, 1.165) is 25.8 Å². The van der Waals surface area contributed by atoms with Crippen molar-refractivity contribution in [3.05, 3.63) is 48.2 Å². The molecule has 0 saturated carbocycles. The second kappa shape index (κ2) is 24.5. The van der Waals surface area contributed by atoms with E-state index in [-0.39, 0.29) is 24.0 Å². The van der Waals surface area contributed by atoms with E-state index < -0.39 is 18.0 Å². The lowest BCUT2D eigenvalue weighted by atomic mass is 9.89. The van der Waals surface area contributed by atoms with Crippen LogP contribution in [0.2, 0.25) is 0 Å². The minimum atomic E-state index is -0.724. The van der Waals surface area contributed by atoms with Gasteiger partial charge in [-0.15, -0.1) is 0 Å². The molecular weight excluding hydrogens is 614 g/mol. The molecule has 2 aromatic rings. The molecule has 1 saturated heterocycles. The summed E-state index contributed by atoms with van der Waals surface area (Å²) in [6.45, 7) is 10.5. The Hall–Kier alpha value is -3.72. The fourth-order valence-corrected chi connectivity index (χ4v) is 3.41. The largest absolute Gasteiger partial charge is 0.494 e. The number of nitrogens with one attached hydrogen (secondary N) is 3. The predicted molar refractivity (Wildman–Crippen MR) is 181 cm³/mol. The quantitative estimate of drug-likeness (QED) is 0.140. The molecule has 0 spiro atoms. The number of ether oxygens (including phenoxy) is 4. The molecule has 0 bridgehead atoms. The fourth-order valence-electron chi connectivity index (χ4n) is 3.41. The van der Waals surface area contributed by atoms with Crippen LogP contribution in [0, 0.1) is 5.41 Å². The molecule has 3 rings (SSSR count). The minimum absolute atomic E-state index is 0.103. The highest BCUT2D eigenvalue weighted by atomic mass is 32.1. The van der Waals surface area contributed by atoms with Gasteiger partial charge in [-0.05, 0) is 49.6 Å². The molecule has 1 aromatic heterocycles. The van der Waals surface area contributed by atoms with Crippen molar-refractivity contribution in [2.45, 2.75) is 58.7 Å². The highest BCUT2D eigenvalue weighted by Gasteiger charge is 2.21. The molecule has 2 heterocycles. The van der Waals surface area contributed by atoms with Gasteiger partial charge in [-0.3, -0.25) is 14.4 Å². The van der Waals surface area contributed by atoms with Gasteiger partial charge in [0.2, 0.25) is 18.2 Å². The zero-order valence-corrected chi connectivity index (χ0v) is 28.8. The van der Waals surface area contributed by atoms with Gasteiger partial charge < -0.3 is 45.4 Å². The number of hydrogen-bond donors (Lipinski definition) is 5. The van der Waals surface area contributed by atoms with E-state index in [4.69, 9.17) is 19.9 Å². The van der Waals surface area contributed by atoms with Crippen LogP contribution in [0.15, 0.2) is 42.6 Å². The number of thiol groups is 1. The zero-order valence-electron chi connectivity index (χ0n) is 27.9. The van der Waals surface area contributed by atoms with Crippen molar-refractivity contribution in [3.8, 4) is 17.4 Å². The maximum Gasteiger partial charge on any atom is 0.253 e. The van der Waals surface area contributed by atoms with Crippen LogP contribution in [-0.2, 0) is 23.9 Å². The van der Waals surface area contributed by atoms with E-state index in [1.165, 1.54) is 6.20 Å². The van der Waals surface area contributed by atoms with Crippen molar-refractivity contribution < 1.29 is 38.1 Å². The first-order chi connectivity index (χ1) is 22.0. The van der Waals surface area contributed by atoms with Crippen LogP contribution in [0.5, 0.6) is 17.4 Å². The number of methoxy groups -OCH3 is 1. The van der Waals surface area contributed by atoms with Gasteiger partial charge in [0.1, 0.15) is 23.8 Å². The lowest BCUT2D eigenvalue weighted by molar-refractivity contribution is -0.125. The number of nitrogens with zero attached hydrogens (tertiary/aromatic N) is 1.